The van der Waals surface area contributed by atoms with Gasteiger partial charge < -0.3 is 5.11 Å². The van der Waals surface area contributed by atoms with E-state index in [1.165, 1.54) is 11.1 Å². The Morgan fingerprint density at radius 2 is 1.70 bits per heavy atom. The first kappa shape index (κ1) is 11.9. The first-order valence-corrected chi connectivity index (χ1v) is 6.88. The summed E-state index contributed by atoms with van der Waals surface area (Å²) in [5.74, 6) is 0.759. The summed E-state index contributed by atoms with van der Waals surface area (Å²) < 4.78 is 0. The predicted octanol–water partition coefficient (Wildman–Crippen LogP) is 1.03. The fourth-order valence-corrected chi connectivity index (χ4v) is 3.64. The fourth-order valence-electron chi connectivity index (χ4n) is 3.64. The molecule has 102 valence electrons. The van der Waals surface area contributed by atoms with E-state index in [9.17, 15) is 9.90 Å². The molecule has 0 saturated carbocycles. The van der Waals surface area contributed by atoms with E-state index in [2.05, 4.69) is 22.1 Å². The van der Waals surface area contributed by atoms with E-state index in [0.717, 1.165) is 30.5 Å². The summed E-state index contributed by atoms with van der Waals surface area (Å²) >= 11 is 0. The Labute approximate surface area is 116 Å². The van der Waals surface area contributed by atoms with Gasteiger partial charge in [0.05, 0.1) is 11.0 Å². The quantitative estimate of drug-likeness (QED) is 0.825. The number of fused-ring (bicyclic) bond motifs is 6. The lowest BCUT2D eigenvalue weighted by atomic mass is 9.95. The van der Waals surface area contributed by atoms with E-state index in [4.69, 9.17) is 0 Å². The number of aliphatic hydroxyl groups excluding tert-OH is 1. The van der Waals surface area contributed by atoms with Crippen LogP contribution in [0.3, 0.4) is 0 Å². The molecule has 1 saturated heterocycles. The Kier molecular flexibility index (Phi) is 2.58. The molecular formula is C15H15N3O2. The molecule has 1 fully saturated rings. The van der Waals surface area contributed by atoms with Crippen molar-refractivity contribution in [1.29, 1.82) is 0 Å². The van der Waals surface area contributed by atoms with Crippen molar-refractivity contribution in [3.8, 4) is 0 Å². The van der Waals surface area contributed by atoms with E-state index in [-0.39, 0.29) is 0 Å². The van der Waals surface area contributed by atoms with E-state index in [0.29, 0.717) is 18.1 Å². The average molecular weight is 269 g/mol. The number of aromatic nitrogens is 2. The molecule has 2 aliphatic rings. The van der Waals surface area contributed by atoms with Gasteiger partial charge in [-0.3, -0.25) is 19.7 Å². The maximum absolute atomic E-state index is 10.8. The summed E-state index contributed by atoms with van der Waals surface area (Å²) in [6.45, 7) is 1.46. The molecule has 1 aliphatic heterocycles. The summed E-state index contributed by atoms with van der Waals surface area (Å²) in [5.41, 5.74) is 4.45. The summed E-state index contributed by atoms with van der Waals surface area (Å²) in [7, 11) is 0. The lowest BCUT2D eigenvalue weighted by Crippen LogP contribution is -2.43. The number of carbonyl (C=O) groups is 1. The monoisotopic (exact) mass is 269 g/mol. The van der Waals surface area contributed by atoms with Crippen molar-refractivity contribution >= 4 is 17.3 Å². The summed E-state index contributed by atoms with van der Waals surface area (Å²) in [4.78, 5) is 21.4. The Balaban J connectivity index is 1.78. The molecule has 0 amide bonds. The molecule has 1 aliphatic carbocycles. The normalized spacial score (nSPS) is 26.4. The number of carbonyl (C=O) groups excluding carboxylic acids is 1. The Bertz CT molecular complexity index is 637. The number of piperidine rings is 1. The molecule has 2 bridgehead atoms. The van der Waals surface area contributed by atoms with Crippen molar-refractivity contribution in [3.63, 3.8) is 0 Å². The molecule has 1 N–H and O–H groups in total. The fraction of sp³-hybridized carbons (Fsp3) is 0.400. The number of hydrogen-bond donors (Lipinski definition) is 1. The third-order valence-electron chi connectivity index (χ3n) is 4.53. The number of nitrogens with zero attached hydrogens (tertiary/aromatic N) is 3. The van der Waals surface area contributed by atoms with E-state index >= 15 is 0 Å². The zero-order valence-electron chi connectivity index (χ0n) is 10.9. The van der Waals surface area contributed by atoms with Gasteiger partial charge in [0.25, 0.3) is 0 Å². The minimum atomic E-state index is -0.986. The Hall–Kier alpha value is -1.85. The molecule has 20 heavy (non-hydrogen) atoms. The molecule has 1 aromatic carbocycles. The van der Waals surface area contributed by atoms with Gasteiger partial charge >= 0.3 is 0 Å². The van der Waals surface area contributed by atoms with Crippen LogP contribution >= 0.6 is 0 Å². The molecule has 5 heteroatoms. The third-order valence-corrected chi connectivity index (χ3v) is 4.53. The molecule has 1 aromatic heterocycles. The van der Waals surface area contributed by atoms with E-state index in [1.807, 2.05) is 4.90 Å². The number of aliphatic hydroxyl groups is 1. The van der Waals surface area contributed by atoms with Gasteiger partial charge in [-0.1, -0.05) is 0 Å². The second-order valence-electron chi connectivity index (χ2n) is 5.66. The van der Waals surface area contributed by atoms with Gasteiger partial charge in [-0.05, 0) is 41.5 Å². The van der Waals surface area contributed by atoms with Gasteiger partial charge in [0.2, 0.25) is 0 Å². The first-order valence-electron chi connectivity index (χ1n) is 6.88. The van der Waals surface area contributed by atoms with Gasteiger partial charge in [0.15, 0.2) is 12.5 Å². The number of aldehydes is 1. The highest BCUT2D eigenvalue weighted by Gasteiger charge is 2.39. The van der Waals surface area contributed by atoms with E-state index < -0.39 is 6.23 Å². The maximum atomic E-state index is 10.8. The Morgan fingerprint density at radius 3 is 2.20 bits per heavy atom. The van der Waals surface area contributed by atoms with Gasteiger partial charge in [0, 0.05) is 25.5 Å². The summed E-state index contributed by atoms with van der Waals surface area (Å²) in [5, 5.41) is 9.75. The summed E-state index contributed by atoms with van der Waals surface area (Å²) in [6.07, 6.45) is 4.12. The minimum absolute atomic E-state index is 0.379. The van der Waals surface area contributed by atoms with Crippen molar-refractivity contribution in [2.75, 3.05) is 13.1 Å². The first-order chi connectivity index (χ1) is 9.76. The van der Waals surface area contributed by atoms with Gasteiger partial charge in [-0.2, -0.15) is 0 Å². The standard InChI is InChI=1S/C15H15N3O2/c19-8-15(20)18-6-9-3-10(7-18)12-5-14-13(4-11(9)12)16-1-2-17-14/h1-2,4-5,8-10,15,20H,3,6-7H2/t9-,10+,15?. The van der Waals surface area contributed by atoms with Crippen molar-refractivity contribution in [2.24, 2.45) is 0 Å². The third kappa shape index (κ3) is 1.67. The molecular weight excluding hydrogens is 254 g/mol. The van der Waals surface area contributed by atoms with Crippen molar-refractivity contribution in [3.05, 3.63) is 35.7 Å². The molecule has 5 nitrogen and oxygen atoms in total. The van der Waals surface area contributed by atoms with Gasteiger partial charge in [0.1, 0.15) is 0 Å². The number of hydrogen-bond acceptors (Lipinski definition) is 5. The molecule has 2 aromatic rings. The van der Waals surface area contributed by atoms with Crippen LogP contribution in [0.2, 0.25) is 0 Å². The van der Waals surface area contributed by atoms with Crippen LogP contribution in [0.15, 0.2) is 24.5 Å². The number of likely N-dealkylation sites (tertiary alicyclic amines) is 1. The smallest absolute Gasteiger partial charge is 0.163 e. The lowest BCUT2D eigenvalue weighted by molar-refractivity contribution is -0.125. The minimum Gasteiger partial charge on any atom is -0.371 e. The van der Waals surface area contributed by atoms with Gasteiger partial charge in [-0.15, -0.1) is 0 Å². The number of rotatable bonds is 2. The predicted molar refractivity (Wildman–Crippen MR) is 73.3 cm³/mol. The van der Waals surface area contributed by atoms with Crippen LogP contribution in [0.5, 0.6) is 0 Å². The molecule has 0 radical (unpaired) electrons. The van der Waals surface area contributed by atoms with Crippen LogP contribution in [0.25, 0.3) is 11.0 Å². The average Bonchev–Trinajstić information content (AvgIpc) is 2.75. The molecule has 4 rings (SSSR count). The molecule has 0 spiro atoms. The van der Waals surface area contributed by atoms with Crippen molar-refractivity contribution in [1.82, 2.24) is 14.9 Å². The van der Waals surface area contributed by atoms with Gasteiger partial charge in [-0.25, -0.2) is 0 Å². The van der Waals surface area contributed by atoms with Crippen molar-refractivity contribution < 1.29 is 9.90 Å². The van der Waals surface area contributed by atoms with Crippen LogP contribution in [0.4, 0.5) is 0 Å². The van der Waals surface area contributed by atoms with Crippen LogP contribution < -0.4 is 0 Å². The zero-order valence-corrected chi connectivity index (χ0v) is 10.9. The molecule has 2 heterocycles. The maximum Gasteiger partial charge on any atom is 0.163 e. The second kappa shape index (κ2) is 4.33. The van der Waals surface area contributed by atoms with Crippen LogP contribution in [0.1, 0.15) is 29.4 Å². The zero-order chi connectivity index (χ0) is 13.7. The highest BCUT2D eigenvalue weighted by molar-refractivity contribution is 5.77. The highest BCUT2D eigenvalue weighted by atomic mass is 16.3. The highest BCUT2D eigenvalue weighted by Crippen LogP contribution is 2.47. The van der Waals surface area contributed by atoms with Crippen LogP contribution in [0, 0.1) is 0 Å². The summed E-state index contributed by atoms with van der Waals surface area (Å²) in [6, 6.07) is 4.25. The SMILES string of the molecule is O=CC(O)N1C[C@H]2C[C@@H](C1)c1cc3nccnc3cc12. The lowest BCUT2D eigenvalue weighted by Gasteiger charge is -2.33. The second-order valence-corrected chi connectivity index (χ2v) is 5.66. The molecule has 3 atom stereocenters. The Morgan fingerprint density at radius 1 is 1.15 bits per heavy atom. The van der Waals surface area contributed by atoms with Crippen LogP contribution in [-0.2, 0) is 4.79 Å². The van der Waals surface area contributed by atoms with E-state index in [1.54, 1.807) is 12.4 Å². The van der Waals surface area contributed by atoms with Crippen LogP contribution in [-0.4, -0.2) is 45.6 Å². The number of benzene rings is 1. The topological polar surface area (TPSA) is 66.3 Å². The molecule has 1 unspecified atom stereocenters. The van der Waals surface area contributed by atoms with Crippen molar-refractivity contribution in [2.45, 2.75) is 24.5 Å². The largest absolute Gasteiger partial charge is 0.371 e.